The number of amides is 2. The highest BCUT2D eigenvalue weighted by atomic mass is 32.2. The Bertz CT molecular complexity index is 895. The molecular formula is C20H20N2O4S. The van der Waals surface area contributed by atoms with E-state index in [1.54, 1.807) is 0 Å². The molecule has 3 rings (SSSR count). The molecule has 2 amide bonds. The molecule has 0 aromatic heterocycles. The van der Waals surface area contributed by atoms with Crippen LogP contribution in [0.2, 0.25) is 0 Å². The monoisotopic (exact) mass is 384 g/mol. The van der Waals surface area contributed by atoms with E-state index in [2.05, 4.69) is 5.32 Å². The zero-order valence-electron chi connectivity index (χ0n) is 15.1. The van der Waals surface area contributed by atoms with Gasteiger partial charge in [0.05, 0.1) is 11.4 Å². The van der Waals surface area contributed by atoms with E-state index in [1.807, 2.05) is 32.0 Å². The Hall–Kier alpha value is -2.80. The third kappa shape index (κ3) is 4.14. The van der Waals surface area contributed by atoms with Gasteiger partial charge in [-0.25, -0.2) is 4.79 Å². The smallest absolute Gasteiger partial charge is 0.335 e. The van der Waals surface area contributed by atoms with Crippen LogP contribution in [0.3, 0.4) is 0 Å². The van der Waals surface area contributed by atoms with E-state index in [4.69, 9.17) is 5.11 Å². The Balaban J connectivity index is 1.73. The summed E-state index contributed by atoms with van der Waals surface area (Å²) in [5, 5.41) is 11.9. The molecule has 0 saturated carbocycles. The molecule has 7 heteroatoms. The number of aromatic carboxylic acids is 1. The summed E-state index contributed by atoms with van der Waals surface area (Å²) in [5.74, 6) is -0.604. The van der Waals surface area contributed by atoms with Crippen molar-refractivity contribution in [2.24, 2.45) is 0 Å². The molecular weight excluding hydrogens is 364 g/mol. The van der Waals surface area contributed by atoms with E-state index >= 15 is 0 Å². The summed E-state index contributed by atoms with van der Waals surface area (Å²) in [7, 11) is 0. The molecule has 1 atom stereocenters. The average Bonchev–Trinajstić information content (AvgIpc) is 3.14. The first-order valence-corrected chi connectivity index (χ1v) is 9.62. The van der Waals surface area contributed by atoms with E-state index < -0.39 is 12.0 Å². The maximum absolute atomic E-state index is 12.8. The van der Waals surface area contributed by atoms with Crippen LogP contribution in [0, 0.1) is 13.8 Å². The maximum atomic E-state index is 12.8. The number of benzene rings is 2. The Labute approximate surface area is 161 Å². The summed E-state index contributed by atoms with van der Waals surface area (Å²) in [6.07, 6.45) is 0. The Morgan fingerprint density at radius 2 is 1.70 bits per heavy atom. The molecule has 0 aliphatic carbocycles. The van der Waals surface area contributed by atoms with Gasteiger partial charge in [-0.15, -0.1) is 11.8 Å². The van der Waals surface area contributed by atoms with Gasteiger partial charge in [-0.2, -0.15) is 0 Å². The number of rotatable bonds is 4. The molecule has 1 aliphatic rings. The summed E-state index contributed by atoms with van der Waals surface area (Å²) in [4.78, 5) is 38.0. The second-order valence-corrected chi connectivity index (χ2v) is 7.46. The number of carbonyl (C=O) groups is 3. The molecule has 1 unspecified atom stereocenters. The number of carbonyl (C=O) groups excluding carboxylic acids is 2. The molecule has 0 radical (unpaired) electrons. The molecule has 1 fully saturated rings. The van der Waals surface area contributed by atoms with Crippen LogP contribution in [0.25, 0.3) is 0 Å². The van der Waals surface area contributed by atoms with Gasteiger partial charge in [-0.1, -0.05) is 6.07 Å². The average molecular weight is 384 g/mol. The normalized spacial score (nSPS) is 16.2. The topological polar surface area (TPSA) is 86.7 Å². The van der Waals surface area contributed by atoms with Gasteiger partial charge in [0.15, 0.2) is 0 Å². The number of hydrogen-bond acceptors (Lipinski definition) is 4. The van der Waals surface area contributed by atoms with E-state index in [0.29, 0.717) is 22.9 Å². The molecule has 27 heavy (non-hydrogen) atoms. The second-order valence-electron chi connectivity index (χ2n) is 6.46. The highest BCUT2D eigenvalue weighted by molar-refractivity contribution is 7.99. The number of hydrogen-bond donors (Lipinski definition) is 2. The van der Waals surface area contributed by atoms with Gasteiger partial charge >= 0.3 is 5.97 Å². The largest absolute Gasteiger partial charge is 0.478 e. The fourth-order valence-electron chi connectivity index (χ4n) is 2.83. The first-order valence-electron chi connectivity index (χ1n) is 8.47. The minimum atomic E-state index is -1.05. The molecule has 2 aromatic carbocycles. The summed E-state index contributed by atoms with van der Waals surface area (Å²) in [5.41, 5.74) is 3.42. The van der Waals surface area contributed by atoms with Crippen LogP contribution in [0.4, 0.5) is 5.69 Å². The van der Waals surface area contributed by atoms with E-state index in [9.17, 15) is 14.4 Å². The van der Waals surface area contributed by atoms with Crippen molar-refractivity contribution in [1.29, 1.82) is 0 Å². The van der Waals surface area contributed by atoms with Gasteiger partial charge in [0.25, 0.3) is 5.91 Å². The number of anilines is 1. The van der Waals surface area contributed by atoms with Crippen molar-refractivity contribution in [1.82, 2.24) is 4.90 Å². The number of nitrogens with zero attached hydrogens (tertiary/aromatic N) is 1. The zero-order valence-corrected chi connectivity index (χ0v) is 15.9. The summed E-state index contributed by atoms with van der Waals surface area (Å²) in [6.45, 7) is 3.98. The lowest BCUT2D eigenvalue weighted by Crippen LogP contribution is -2.44. The molecule has 6 nitrogen and oxygen atoms in total. The first-order chi connectivity index (χ1) is 12.9. The van der Waals surface area contributed by atoms with Crippen molar-refractivity contribution >= 4 is 35.2 Å². The van der Waals surface area contributed by atoms with Crippen LogP contribution < -0.4 is 5.32 Å². The van der Waals surface area contributed by atoms with Crippen molar-refractivity contribution in [3.05, 3.63) is 64.7 Å². The van der Waals surface area contributed by atoms with Crippen LogP contribution in [0.1, 0.15) is 31.8 Å². The van der Waals surface area contributed by atoms with Gasteiger partial charge < -0.3 is 15.3 Å². The van der Waals surface area contributed by atoms with Gasteiger partial charge in [0, 0.05) is 17.0 Å². The van der Waals surface area contributed by atoms with E-state index in [-0.39, 0.29) is 17.4 Å². The lowest BCUT2D eigenvalue weighted by atomic mass is 10.1. The lowest BCUT2D eigenvalue weighted by Gasteiger charge is -2.23. The summed E-state index contributed by atoms with van der Waals surface area (Å²) < 4.78 is 0. The fourth-order valence-corrected chi connectivity index (χ4v) is 3.98. The van der Waals surface area contributed by atoms with Gasteiger partial charge in [-0.3, -0.25) is 9.59 Å². The van der Waals surface area contributed by atoms with Crippen molar-refractivity contribution < 1.29 is 19.5 Å². The molecule has 2 N–H and O–H groups in total. The molecule has 140 valence electrons. The summed E-state index contributed by atoms with van der Waals surface area (Å²) in [6, 6.07) is 10.9. The molecule has 1 heterocycles. The van der Waals surface area contributed by atoms with Crippen molar-refractivity contribution in [2.45, 2.75) is 19.9 Å². The molecule has 2 aromatic rings. The van der Waals surface area contributed by atoms with E-state index in [0.717, 1.165) is 11.1 Å². The lowest BCUT2D eigenvalue weighted by molar-refractivity contribution is -0.119. The highest BCUT2D eigenvalue weighted by Crippen LogP contribution is 2.25. The van der Waals surface area contributed by atoms with Crippen molar-refractivity contribution in [3.8, 4) is 0 Å². The highest BCUT2D eigenvalue weighted by Gasteiger charge is 2.35. The van der Waals surface area contributed by atoms with Crippen LogP contribution in [0.5, 0.6) is 0 Å². The number of carboxylic acid groups (broad SMARTS) is 1. The standard InChI is InChI=1S/C20H20N2O4S/c1-12-3-8-16(9-13(12)2)21-18(23)17-10-27-11-22(17)19(24)14-4-6-15(7-5-14)20(25)26/h3-9,17H,10-11H2,1-2H3,(H,21,23)(H,25,26). The van der Waals surface area contributed by atoms with E-state index in [1.165, 1.54) is 40.9 Å². The van der Waals surface area contributed by atoms with Crippen molar-refractivity contribution in [3.63, 3.8) is 0 Å². The van der Waals surface area contributed by atoms with Crippen LogP contribution in [0.15, 0.2) is 42.5 Å². The number of nitrogens with one attached hydrogen (secondary N) is 1. The number of aryl methyl sites for hydroxylation is 2. The molecule has 0 bridgehead atoms. The predicted molar refractivity (Wildman–Crippen MR) is 105 cm³/mol. The minimum absolute atomic E-state index is 0.117. The Kier molecular flexibility index (Phi) is 5.51. The van der Waals surface area contributed by atoms with Gasteiger partial charge in [0.1, 0.15) is 6.04 Å². The van der Waals surface area contributed by atoms with Crippen LogP contribution in [-0.4, -0.2) is 45.5 Å². The number of carboxylic acids is 1. The predicted octanol–water partition coefficient (Wildman–Crippen LogP) is 3.16. The van der Waals surface area contributed by atoms with Gasteiger partial charge in [0.2, 0.25) is 5.91 Å². The third-order valence-electron chi connectivity index (χ3n) is 4.60. The van der Waals surface area contributed by atoms with Crippen LogP contribution in [-0.2, 0) is 4.79 Å². The maximum Gasteiger partial charge on any atom is 0.335 e. The zero-order chi connectivity index (χ0) is 19.6. The van der Waals surface area contributed by atoms with Crippen molar-refractivity contribution in [2.75, 3.05) is 16.9 Å². The SMILES string of the molecule is Cc1ccc(NC(=O)C2CSCN2C(=O)c2ccc(C(=O)O)cc2)cc1C. The minimum Gasteiger partial charge on any atom is -0.478 e. The molecule has 0 spiro atoms. The second kappa shape index (κ2) is 7.84. The Morgan fingerprint density at radius 3 is 2.33 bits per heavy atom. The third-order valence-corrected chi connectivity index (χ3v) is 5.61. The summed E-state index contributed by atoms with van der Waals surface area (Å²) >= 11 is 1.52. The Morgan fingerprint density at radius 1 is 1.04 bits per heavy atom. The van der Waals surface area contributed by atoms with Gasteiger partial charge in [-0.05, 0) is 61.4 Å². The fraction of sp³-hybridized carbons (Fsp3) is 0.250. The first kappa shape index (κ1) is 19.0. The molecule has 1 saturated heterocycles. The molecule has 1 aliphatic heterocycles. The number of thioether (sulfide) groups is 1. The van der Waals surface area contributed by atoms with Crippen LogP contribution >= 0.6 is 11.8 Å². The quantitative estimate of drug-likeness (QED) is 0.846.